The summed E-state index contributed by atoms with van der Waals surface area (Å²) in [4.78, 5) is 33.0. The van der Waals surface area contributed by atoms with Gasteiger partial charge in [-0.3, -0.25) is 4.79 Å². The van der Waals surface area contributed by atoms with Crippen molar-refractivity contribution in [3.8, 4) is 0 Å². The average Bonchev–Trinajstić information content (AvgIpc) is 2.96. The van der Waals surface area contributed by atoms with Gasteiger partial charge in [0.2, 0.25) is 5.91 Å². The van der Waals surface area contributed by atoms with Crippen molar-refractivity contribution in [3.63, 3.8) is 0 Å². The number of fused-ring (bicyclic) bond motifs is 2. The smallest absolute Gasteiger partial charge is 0.475 e. The van der Waals surface area contributed by atoms with Crippen LogP contribution in [-0.4, -0.2) is 64.4 Å². The number of nitrogens with zero attached hydrogens (tertiary/aromatic N) is 1. The highest BCUT2D eigenvalue weighted by Gasteiger charge is 2.38. The van der Waals surface area contributed by atoms with Crippen LogP contribution in [0, 0.1) is 0 Å². The van der Waals surface area contributed by atoms with Crippen LogP contribution in [0.1, 0.15) is 44.6 Å². The molecule has 0 heterocycles. The minimum atomic E-state index is -5.08. The van der Waals surface area contributed by atoms with Crippen molar-refractivity contribution in [2.45, 2.75) is 64.0 Å². The molecule has 3 aromatic rings. The number of carboxylic acid groups (broad SMARTS) is 2. The molecule has 3 rings (SSSR count). The van der Waals surface area contributed by atoms with Crippen LogP contribution < -0.4 is 11.5 Å². The lowest BCUT2D eigenvalue weighted by Gasteiger charge is -2.27. The first-order valence-corrected chi connectivity index (χ1v) is 13.8. The number of hydrogen-bond acceptors (Lipinski definition) is 5. The van der Waals surface area contributed by atoms with Gasteiger partial charge in [0.15, 0.2) is 0 Å². The van der Waals surface area contributed by atoms with E-state index in [4.69, 9.17) is 42.9 Å². The zero-order chi connectivity index (χ0) is 33.7. The van der Waals surface area contributed by atoms with Crippen LogP contribution in [0.4, 0.5) is 26.3 Å². The lowest BCUT2D eigenvalue weighted by Crippen LogP contribution is -2.44. The second-order valence-electron chi connectivity index (χ2n) is 9.49. The molecule has 0 aliphatic heterocycles. The zero-order valence-electron chi connectivity index (χ0n) is 23.7. The predicted octanol–water partition coefficient (Wildman–Crippen LogP) is 6.50. The van der Waals surface area contributed by atoms with Gasteiger partial charge in [-0.25, -0.2) is 9.59 Å². The zero-order valence-corrected chi connectivity index (χ0v) is 24.5. The van der Waals surface area contributed by atoms with Crippen molar-refractivity contribution >= 4 is 51.0 Å². The van der Waals surface area contributed by atoms with Crippen LogP contribution in [0.2, 0.25) is 5.02 Å². The highest BCUT2D eigenvalue weighted by Crippen LogP contribution is 2.36. The van der Waals surface area contributed by atoms with Gasteiger partial charge in [0.1, 0.15) is 0 Å². The molecule has 0 aromatic heterocycles. The van der Waals surface area contributed by atoms with Crippen LogP contribution in [-0.2, 0) is 20.9 Å². The molecule has 0 saturated carbocycles. The molecule has 244 valence electrons. The summed E-state index contributed by atoms with van der Waals surface area (Å²) >= 11 is 6.74. The molecule has 3 aromatic carbocycles. The normalized spacial score (nSPS) is 12.0. The number of aliphatic carboxylic acids is 2. The number of benzene rings is 3. The maximum Gasteiger partial charge on any atom is 0.490 e. The van der Waals surface area contributed by atoms with Crippen molar-refractivity contribution < 1.29 is 50.9 Å². The fourth-order valence-electron chi connectivity index (χ4n) is 4.01. The standard InChI is InChI=1S/C25H32ClN3O.2C2HF3O2/c1-2-3-16-29(25(30)23(28)14-8-9-15-27)17-22-18-10-4-6-12-20(18)24(26)21-13-7-5-11-19(21)22;2*3-2(4,5)1(6)7/h4-7,10-13,23H,2-3,8-9,14-17,27-28H2,1H3;2*(H,6,7)/t23-;;/m0../s1. The number of carbonyl (C=O) groups excluding carboxylic acids is 1. The van der Waals surface area contributed by atoms with Gasteiger partial charge in [-0.15, -0.1) is 0 Å². The maximum absolute atomic E-state index is 13.2. The van der Waals surface area contributed by atoms with Gasteiger partial charge < -0.3 is 26.6 Å². The van der Waals surface area contributed by atoms with Crippen LogP contribution >= 0.6 is 11.6 Å². The SMILES string of the molecule is CCCCN(Cc1c2ccccc2c(Cl)c2ccccc12)C(=O)[C@@H](N)CCCCN.O=C(O)C(F)(F)F.O=C(O)C(F)(F)F. The number of amides is 1. The van der Waals surface area contributed by atoms with Crippen molar-refractivity contribution in [2.75, 3.05) is 13.1 Å². The largest absolute Gasteiger partial charge is 0.490 e. The van der Waals surface area contributed by atoms with E-state index in [0.717, 1.165) is 57.8 Å². The molecule has 0 aliphatic carbocycles. The molecule has 44 heavy (non-hydrogen) atoms. The average molecular weight is 654 g/mol. The van der Waals surface area contributed by atoms with Crippen molar-refractivity contribution in [1.29, 1.82) is 0 Å². The van der Waals surface area contributed by atoms with E-state index in [-0.39, 0.29) is 5.91 Å². The molecule has 1 atom stereocenters. The topological polar surface area (TPSA) is 147 Å². The Kier molecular flexibility index (Phi) is 15.4. The number of carboxylic acids is 2. The Balaban J connectivity index is 0.000000574. The van der Waals surface area contributed by atoms with E-state index >= 15 is 0 Å². The molecule has 0 unspecified atom stereocenters. The summed E-state index contributed by atoms with van der Waals surface area (Å²) in [7, 11) is 0. The Bertz CT molecular complexity index is 1320. The van der Waals surface area contributed by atoms with E-state index in [2.05, 4.69) is 19.1 Å². The molecule has 0 spiro atoms. The maximum atomic E-state index is 13.2. The van der Waals surface area contributed by atoms with Gasteiger partial charge in [-0.1, -0.05) is 79.9 Å². The van der Waals surface area contributed by atoms with E-state index < -0.39 is 30.3 Å². The Morgan fingerprint density at radius 2 is 1.23 bits per heavy atom. The Morgan fingerprint density at radius 3 is 1.59 bits per heavy atom. The second kappa shape index (κ2) is 17.6. The van der Waals surface area contributed by atoms with E-state index in [0.29, 0.717) is 26.1 Å². The highest BCUT2D eigenvalue weighted by molar-refractivity contribution is 6.41. The van der Waals surface area contributed by atoms with Crippen molar-refractivity contribution in [1.82, 2.24) is 4.90 Å². The fraction of sp³-hybridized carbons (Fsp3) is 0.414. The van der Waals surface area contributed by atoms with Gasteiger partial charge in [0, 0.05) is 23.9 Å². The Morgan fingerprint density at radius 1 is 0.818 bits per heavy atom. The lowest BCUT2D eigenvalue weighted by molar-refractivity contribution is -0.193. The minimum Gasteiger partial charge on any atom is -0.475 e. The van der Waals surface area contributed by atoms with Crippen molar-refractivity contribution in [2.24, 2.45) is 11.5 Å². The number of rotatable bonds is 10. The predicted molar refractivity (Wildman–Crippen MR) is 155 cm³/mol. The summed E-state index contributed by atoms with van der Waals surface area (Å²) in [5.41, 5.74) is 13.0. The molecule has 6 N–H and O–H groups in total. The molecule has 15 heteroatoms. The number of hydrogen-bond donors (Lipinski definition) is 4. The summed E-state index contributed by atoms with van der Waals surface area (Å²) < 4.78 is 63.5. The third kappa shape index (κ3) is 11.8. The van der Waals surface area contributed by atoms with Crippen LogP contribution in [0.25, 0.3) is 21.5 Å². The lowest BCUT2D eigenvalue weighted by atomic mass is 9.96. The van der Waals surface area contributed by atoms with E-state index in [9.17, 15) is 31.1 Å². The second-order valence-corrected chi connectivity index (χ2v) is 9.87. The van der Waals surface area contributed by atoms with E-state index in [1.165, 1.54) is 0 Å². The Hall–Kier alpha value is -3.62. The molecule has 8 nitrogen and oxygen atoms in total. The molecule has 0 radical (unpaired) electrons. The Labute approximate surface area is 254 Å². The summed E-state index contributed by atoms with van der Waals surface area (Å²) in [6, 6.07) is 15.8. The number of halogens is 7. The quantitative estimate of drug-likeness (QED) is 0.111. The minimum absolute atomic E-state index is 0.0172. The molecule has 0 bridgehead atoms. The number of carbonyl (C=O) groups is 3. The van der Waals surface area contributed by atoms with E-state index in [1.807, 2.05) is 41.3 Å². The van der Waals surface area contributed by atoms with Crippen molar-refractivity contribution in [3.05, 3.63) is 59.1 Å². The first kappa shape index (κ1) is 38.4. The van der Waals surface area contributed by atoms with Gasteiger partial charge in [0.05, 0.1) is 11.1 Å². The first-order valence-electron chi connectivity index (χ1n) is 13.4. The number of alkyl halides is 6. The molecule has 0 saturated heterocycles. The number of unbranched alkanes of at least 4 members (excludes halogenated alkanes) is 2. The molecule has 0 aliphatic rings. The van der Waals surface area contributed by atoms with Gasteiger partial charge in [-0.2, -0.15) is 26.3 Å². The number of nitrogens with two attached hydrogens (primary N) is 2. The highest BCUT2D eigenvalue weighted by atomic mass is 35.5. The molecule has 0 fully saturated rings. The third-order valence-electron chi connectivity index (χ3n) is 6.19. The fourth-order valence-corrected chi connectivity index (χ4v) is 4.34. The van der Waals surface area contributed by atoms with E-state index in [1.54, 1.807) is 0 Å². The summed E-state index contributed by atoms with van der Waals surface area (Å²) in [6.07, 6.45) is -5.76. The molecular weight excluding hydrogens is 620 g/mol. The first-order chi connectivity index (χ1) is 20.5. The van der Waals surface area contributed by atoms with Crippen LogP contribution in [0.5, 0.6) is 0 Å². The summed E-state index contributed by atoms with van der Waals surface area (Å²) in [5.74, 6) is -5.50. The summed E-state index contributed by atoms with van der Waals surface area (Å²) in [5, 5.41) is 19.2. The summed E-state index contributed by atoms with van der Waals surface area (Å²) in [6.45, 7) is 3.99. The molecule has 1 amide bonds. The van der Waals surface area contributed by atoms with Gasteiger partial charge in [-0.05, 0) is 42.1 Å². The van der Waals surface area contributed by atoms with Gasteiger partial charge >= 0.3 is 24.3 Å². The van der Waals surface area contributed by atoms with Gasteiger partial charge in [0.25, 0.3) is 0 Å². The monoisotopic (exact) mass is 653 g/mol. The van der Waals surface area contributed by atoms with Crippen LogP contribution in [0.15, 0.2) is 48.5 Å². The molecular formula is C29H34ClF6N3O5. The van der Waals surface area contributed by atoms with Crippen LogP contribution in [0.3, 0.4) is 0 Å². The third-order valence-corrected chi connectivity index (χ3v) is 6.60.